The molecule has 2 heterocycles. The normalized spacial score (nSPS) is 15.1. The smallest absolute Gasteiger partial charge is 0.253 e. The Labute approximate surface area is 215 Å². The van der Waals surface area contributed by atoms with Gasteiger partial charge in [-0.1, -0.05) is 77.1 Å². The van der Waals surface area contributed by atoms with Crippen LogP contribution < -0.4 is 0 Å². The third-order valence-corrected chi connectivity index (χ3v) is 6.26. The predicted molar refractivity (Wildman–Crippen MR) is 147 cm³/mol. The lowest BCUT2D eigenvalue weighted by molar-refractivity contribution is 0.0667. The molecule has 0 spiro atoms. The Morgan fingerprint density at radius 1 is 1.14 bits per heavy atom. The number of pyridine rings is 1. The molecule has 3 rings (SSSR count). The molecule has 0 saturated carbocycles. The summed E-state index contributed by atoms with van der Waals surface area (Å²) in [4.78, 5) is 18.9. The average Bonchev–Trinajstić information content (AvgIpc) is 2.84. The summed E-state index contributed by atoms with van der Waals surface area (Å²) in [6, 6.07) is 7.37. The number of hydrogen-bond acceptors (Lipinski definition) is 2. The molecule has 0 aliphatic carbocycles. The maximum absolute atomic E-state index is 13.4. The Hall–Kier alpha value is -2.72. The molecule has 1 aliphatic rings. The van der Waals surface area contributed by atoms with Gasteiger partial charge in [0.1, 0.15) is 6.17 Å². The maximum atomic E-state index is 13.4. The van der Waals surface area contributed by atoms with E-state index < -0.39 is 6.17 Å². The van der Waals surface area contributed by atoms with Crippen LogP contribution in [0.15, 0.2) is 67.0 Å². The largest absolute Gasteiger partial charge is 0.338 e. The van der Waals surface area contributed by atoms with E-state index in [9.17, 15) is 9.18 Å². The van der Waals surface area contributed by atoms with E-state index in [2.05, 4.69) is 38.4 Å². The third-order valence-electron chi connectivity index (χ3n) is 5.95. The van der Waals surface area contributed by atoms with E-state index in [0.717, 1.165) is 27.8 Å². The highest BCUT2D eigenvalue weighted by Gasteiger charge is 2.24. The van der Waals surface area contributed by atoms with E-state index in [4.69, 9.17) is 11.6 Å². The monoisotopic (exact) mass is 496 g/mol. The molecule has 1 saturated heterocycles. The van der Waals surface area contributed by atoms with Crippen molar-refractivity contribution >= 4 is 23.1 Å². The zero-order valence-corrected chi connectivity index (χ0v) is 22.6. The molecule has 0 N–H and O–H groups in total. The molecule has 5 heteroatoms. The molecule has 0 unspecified atom stereocenters. The van der Waals surface area contributed by atoms with E-state index >= 15 is 0 Å². The van der Waals surface area contributed by atoms with Crippen LogP contribution in [-0.4, -0.2) is 35.1 Å². The van der Waals surface area contributed by atoms with Gasteiger partial charge in [-0.3, -0.25) is 9.78 Å². The summed E-state index contributed by atoms with van der Waals surface area (Å²) in [5.74, 6) is -0.110. The minimum absolute atomic E-state index is 0.0387. The maximum Gasteiger partial charge on any atom is 0.253 e. The number of benzene rings is 1. The topological polar surface area (TPSA) is 33.2 Å². The second-order valence-electron chi connectivity index (χ2n) is 9.50. The molecule has 1 aromatic heterocycles. The van der Waals surface area contributed by atoms with Gasteiger partial charge in [0.15, 0.2) is 0 Å². The van der Waals surface area contributed by atoms with Crippen molar-refractivity contribution in [2.45, 2.75) is 60.6 Å². The van der Waals surface area contributed by atoms with Crippen molar-refractivity contribution < 1.29 is 9.18 Å². The van der Waals surface area contributed by atoms with E-state index in [1.54, 1.807) is 23.2 Å². The summed E-state index contributed by atoms with van der Waals surface area (Å²) in [6.07, 6.45) is 9.68. The Balaban J connectivity index is 0.00000210. The molecular weight excluding hydrogens is 459 g/mol. The van der Waals surface area contributed by atoms with Crippen LogP contribution in [0.4, 0.5) is 4.39 Å². The lowest BCUT2D eigenvalue weighted by Crippen LogP contribution is -2.39. The number of allylic oxidation sites excluding steroid dienone is 5. The number of amides is 1. The van der Waals surface area contributed by atoms with Gasteiger partial charge in [0.25, 0.3) is 5.91 Å². The van der Waals surface area contributed by atoms with Crippen molar-refractivity contribution in [3.8, 4) is 11.1 Å². The summed E-state index contributed by atoms with van der Waals surface area (Å²) >= 11 is 6.61. The van der Waals surface area contributed by atoms with Crippen LogP contribution in [0.25, 0.3) is 16.7 Å². The van der Waals surface area contributed by atoms with E-state index in [0.29, 0.717) is 36.5 Å². The van der Waals surface area contributed by atoms with Crippen LogP contribution in [0.1, 0.15) is 70.3 Å². The standard InChI is InChI=1S/C28H32ClFN2O.C2H6/c1-6-7-20(14-19(2)28(3,4)5)22-15-23(18-31-17-22)25-9-8-21(16-26(25)29)27(33)32-12-10-24(30)11-13-32;1-2/h6-9,14-18,24H,2,10-13H2,1,3-5H3;1-2H3/b7-6-,20-14+;. The van der Waals surface area contributed by atoms with E-state index in [-0.39, 0.29) is 11.3 Å². The highest BCUT2D eigenvalue weighted by Crippen LogP contribution is 2.33. The number of likely N-dealkylation sites (tertiary alicyclic amines) is 1. The van der Waals surface area contributed by atoms with Crippen molar-refractivity contribution in [2.24, 2.45) is 5.41 Å². The minimum atomic E-state index is -0.818. The first-order valence-corrected chi connectivity index (χ1v) is 12.7. The Morgan fingerprint density at radius 2 is 1.80 bits per heavy atom. The SMILES string of the molecule is C=C(/C=C(\C=C/C)c1cncc(-c2ccc(C(=O)N3CCC(F)CC3)cc2Cl)c1)C(C)(C)C.CC. The van der Waals surface area contributed by atoms with E-state index in [1.807, 2.05) is 51.3 Å². The number of alkyl halides is 1. The quantitative estimate of drug-likeness (QED) is 0.388. The third kappa shape index (κ3) is 7.63. The molecule has 1 fully saturated rings. The lowest BCUT2D eigenvalue weighted by Gasteiger charge is -2.28. The second kappa shape index (κ2) is 12.8. The zero-order chi connectivity index (χ0) is 26.2. The zero-order valence-electron chi connectivity index (χ0n) is 21.9. The fourth-order valence-corrected chi connectivity index (χ4v) is 3.96. The van der Waals surface area contributed by atoms with Crippen LogP contribution in [0.3, 0.4) is 0 Å². The number of nitrogens with zero attached hydrogens (tertiary/aromatic N) is 2. The van der Waals surface area contributed by atoms with Gasteiger partial charge in [0, 0.05) is 52.8 Å². The fraction of sp³-hybridized carbons (Fsp3) is 0.400. The van der Waals surface area contributed by atoms with Crippen molar-refractivity contribution in [3.63, 3.8) is 0 Å². The lowest BCUT2D eigenvalue weighted by atomic mass is 9.85. The van der Waals surface area contributed by atoms with Crippen LogP contribution in [0, 0.1) is 5.41 Å². The summed E-state index contributed by atoms with van der Waals surface area (Å²) in [5.41, 5.74) is 5.15. The van der Waals surface area contributed by atoms with Crippen molar-refractivity contribution in [3.05, 3.63) is 83.2 Å². The Morgan fingerprint density at radius 3 is 2.37 bits per heavy atom. The van der Waals surface area contributed by atoms with Gasteiger partial charge in [-0.15, -0.1) is 0 Å². The first-order chi connectivity index (χ1) is 16.6. The molecule has 35 heavy (non-hydrogen) atoms. The van der Waals surface area contributed by atoms with Crippen LogP contribution in [0.5, 0.6) is 0 Å². The highest BCUT2D eigenvalue weighted by atomic mass is 35.5. The predicted octanol–water partition coefficient (Wildman–Crippen LogP) is 8.56. The van der Waals surface area contributed by atoms with Gasteiger partial charge in [0.2, 0.25) is 0 Å². The number of aromatic nitrogens is 1. The van der Waals surface area contributed by atoms with Gasteiger partial charge in [-0.2, -0.15) is 0 Å². The summed E-state index contributed by atoms with van der Waals surface area (Å²) in [5, 5.41) is 0.482. The van der Waals surface area contributed by atoms with Crippen molar-refractivity contribution in [2.75, 3.05) is 13.1 Å². The second-order valence-corrected chi connectivity index (χ2v) is 9.91. The van der Waals surface area contributed by atoms with Crippen LogP contribution in [0.2, 0.25) is 5.02 Å². The number of halogens is 2. The number of carbonyl (C=O) groups is 1. The number of piperidine rings is 1. The summed E-state index contributed by atoms with van der Waals surface area (Å²) in [6.45, 7) is 17.5. The summed E-state index contributed by atoms with van der Waals surface area (Å²) in [7, 11) is 0. The first kappa shape index (κ1) is 28.5. The van der Waals surface area contributed by atoms with Crippen molar-refractivity contribution in [1.29, 1.82) is 0 Å². The number of rotatable bonds is 5. The van der Waals surface area contributed by atoms with Crippen molar-refractivity contribution in [1.82, 2.24) is 9.88 Å². The molecule has 0 bridgehead atoms. The molecule has 1 amide bonds. The number of carbonyl (C=O) groups excluding carboxylic acids is 1. The van der Waals surface area contributed by atoms with Gasteiger partial charge in [-0.25, -0.2) is 4.39 Å². The minimum Gasteiger partial charge on any atom is -0.338 e. The first-order valence-electron chi connectivity index (χ1n) is 12.3. The van der Waals surface area contributed by atoms with E-state index in [1.165, 1.54) is 0 Å². The van der Waals surface area contributed by atoms with Gasteiger partial charge >= 0.3 is 0 Å². The Kier molecular flexibility index (Phi) is 10.5. The fourth-order valence-electron chi connectivity index (χ4n) is 3.67. The van der Waals surface area contributed by atoms with Gasteiger partial charge < -0.3 is 4.90 Å². The molecule has 1 aromatic carbocycles. The molecule has 3 nitrogen and oxygen atoms in total. The average molecular weight is 497 g/mol. The van der Waals surface area contributed by atoms with Crippen LogP contribution in [-0.2, 0) is 0 Å². The molecule has 1 aliphatic heterocycles. The van der Waals surface area contributed by atoms with Gasteiger partial charge in [-0.05, 0) is 54.5 Å². The molecular formula is C30H38ClFN2O. The van der Waals surface area contributed by atoms with Crippen LogP contribution >= 0.6 is 11.6 Å². The molecule has 0 radical (unpaired) electrons. The molecule has 2 aromatic rings. The highest BCUT2D eigenvalue weighted by molar-refractivity contribution is 6.33. The molecule has 0 atom stereocenters. The van der Waals surface area contributed by atoms with Gasteiger partial charge in [0.05, 0.1) is 0 Å². The molecule has 188 valence electrons. The Bertz CT molecular complexity index is 1090. The number of hydrogen-bond donors (Lipinski definition) is 0. The summed E-state index contributed by atoms with van der Waals surface area (Å²) < 4.78 is 13.4.